The molecule has 2 aromatic rings. The average Bonchev–Trinajstić information content (AvgIpc) is 3.01. The highest BCUT2D eigenvalue weighted by atomic mass is 15.2. The molecule has 0 aliphatic heterocycles. The average molecular weight is 273 g/mol. The van der Waals surface area contributed by atoms with Crippen LogP contribution in [0.4, 0.5) is 5.82 Å². The molecule has 0 spiro atoms. The highest BCUT2D eigenvalue weighted by molar-refractivity contribution is 5.68. The second kappa shape index (κ2) is 4.96. The number of nitrogens with zero attached hydrogens (tertiary/aromatic N) is 4. The van der Waals surface area contributed by atoms with E-state index in [1.165, 1.54) is 12.8 Å². The molecule has 2 N–H and O–H groups in total. The summed E-state index contributed by atoms with van der Waals surface area (Å²) >= 11 is 0. The van der Waals surface area contributed by atoms with Crippen LogP contribution < -0.4 is 5.73 Å². The van der Waals surface area contributed by atoms with E-state index in [1.54, 1.807) is 0 Å². The Labute approximate surface area is 119 Å². The quantitative estimate of drug-likeness (QED) is 0.910. The monoisotopic (exact) mass is 273 g/mol. The topological polar surface area (TPSA) is 61.7 Å². The third kappa shape index (κ3) is 2.11. The normalized spacial score (nSPS) is 15.2. The summed E-state index contributed by atoms with van der Waals surface area (Å²) in [4.78, 5) is 9.09. The second-order valence-corrected chi connectivity index (χ2v) is 5.89. The predicted molar refractivity (Wildman–Crippen MR) is 80.5 cm³/mol. The molecule has 3 rings (SSSR count). The van der Waals surface area contributed by atoms with E-state index in [9.17, 15) is 0 Å². The molecular formula is C15H23N5. The molecule has 2 heterocycles. The molecule has 0 radical (unpaired) electrons. The van der Waals surface area contributed by atoms with Gasteiger partial charge in [0, 0.05) is 18.5 Å². The fourth-order valence-corrected chi connectivity index (χ4v) is 2.72. The fraction of sp³-hybridized carbons (Fsp3) is 0.600. The molecule has 0 amide bonds. The molecule has 1 saturated carbocycles. The van der Waals surface area contributed by atoms with E-state index in [-0.39, 0.29) is 0 Å². The Morgan fingerprint density at radius 2 is 2.15 bits per heavy atom. The van der Waals surface area contributed by atoms with Gasteiger partial charge in [-0.15, -0.1) is 0 Å². The number of nitrogens with two attached hydrogens (primary N) is 1. The zero-order valence-corrected chi connectivity index (χ0v) is 12.5. The maximum atomic E-state index is 6.39. The van der Waals surface area contributed by atoms with Crippen molar-refractivity contribution in [3.8, 4) is 11.4 Å². The molecule has 20 heavy (non-hydrogen) atoms. The second-order valence-electron chi connectivity index (χ2n) is 5.89. The predicted octanol–water partition coefficient (Wildman–Crippen LogP) is 3.20. The van der Waals surface area contributed by atoms with Gasteiger partial charge >= 0.3 is 0 Å². The first-order chi connectivity index (χ1) is 9.63. The number of hydrogen-bond donors (Lipinski definition) is 1. The third-order valence-corrected chi connectivity index (χ3v) is 3.87. The number of nitrogen functional groups attached to an aromatic ring is 1. The zero-order valence-electron chi connectivity index (χ0n) is 12.5. The van der Waals surface area contributed by atoms with Gasteiger partial charge in [-0.25, -0.2) is 9.97 Å². The van der Waals surface area contributed by atoms with E-state index in [0.717, 1.165) is 35.9 Å². The summed E-state index contributed by atoms with van der Waals surface area (Å²) in [6.45, 7) is 6.47. The standard InChI is InChI=1S/C15H23N5/c1-4-5-13-18-14(15(16)20(13)11-6-7-11)12-8-17-9-19(12)10(2)3/h8-11H,4-7,16H2,1-3H3. The Morgan fingerprint density at radius 3 is 2.75 bits per heavy atom. The molecule has 0 unspecified atom stereocenters. The number of aromatic nitrogens is 4. The van der Waals surface area contributed by atoms with Crippen molar-refractivity contribution in [1.29, 1.82) is 0 Å². The van der Waals surface area contributed by atoms with Gasteiger partial charge < -0.3 is 14.9 Å². The van der Waals surface area contributed by atoms with Crippen molar-refractivity contribution >= 4 is 5.82 Å². The van der Waals surface area contributed by atoms with Crippen LogP contribution in [0.15, 0.2) is 12.5 Å². The van der Waals surface area contributed by atoms with E-state index >= 15 is 0 Å². The summed E-state index contributed by atoms with van der Waals surface area (Å²) in [5.74, 6) is 1.93. The number of hydrogen-bond acceptors (Lipinski definition) is 3. The Kier molecular flexibility index (Phi) is 3.28. The minimum absolute atomic E-state index is 0.354. The van der Waals surface area contributed by atoms with Crippen molar-refractivity contribution in [1.82, 2.24) is 19.1 Å². The number of aryl methyl sites for hydroxylation is 1. The minimum atomic E-state index is 0.354. The summed E-state index contributed by atoms with van der Waals surface area (Å²) in [7, 11) is 0. The molecule has 0 bridgehead atoms. The number of rotatable bonds is 5. The molecule has 5 nitrogen and oxygen atoms in total. The van der Waals surface area contributed by atoms with Gasteiger partial charge in [0.2, 0.25) is 0 Å². The molecule has 0 saturated heterocycles. The lowest BCUT2D eigenvalue weighted by Gasteiger charge is -2.11. The molecule has 1 aliphatic rings. The van der Waals surface area contributed by atoms with Crippen molar-refractivity contribution in [3.63, 3.8) is 0 Å². The van der Waals surface area contributed by atoms with Crippen LogP contribution in [0.2, 0.25) is 0 Å². The van der Waals surface area contributed by atoms with Crippen LogP contribution in [0, 0.1) is 0 Å². The highest BCUT2D eigenvalue weighted by Gasteiger charge is 2.30. The molecule has 2 aromatic heterocycles. The van der Waals surface area contributed by atoms with Crippen molar-refractivity contribution in [2.75, 3.05) is 5.73 Å². The Balaban J connectivity index is 2.09. The summed E-state index contributed by atoms with van der Waals surface area (Å²) < 4.78 is 4.38. The molecule has 0 atom stereocenters. The zero-order chi connectivity index (χ0) is 14.3. The number of imidazole rings is 2. The third-order valence-electron chi connectivity index (χ3n) is 3.87. The van der Waals surface area contributed by atoms with Crippen LogP contribution in [-0.4, -0.2) is 19.1 Å². The molecule has 1 fully saturated rings. The lowest BCUT2D eigenvalue weighted by atomic mass is 10.3. The van der Waals surface area contributed by atoms with Gasteiger partial charge in [-0.3, -0.25) is 0 Å². The summed E-state index contributed by atoms with van der Waals surface area (Å²) in [5, 5.41) is 0. The maximum absolute atomic E-state index is 6.39. The Hall–Kier alpha value is -1.78. The van der Waals surface area contributed by atoms with Gasteiger partial charge in [0.15, 0.2) is 0 Å². The number of anilines is 1. The van der Waals surface area contributed by atoms with E-state index in [1.807, 2.05) is 12.5 Å². The largest absolute Gasteiger partial charge is 0.383 e. The van der Waals surface area contributed by atoms with Crippen LogP contribution in [-0.2, 0) is 6.42 Å². The first-order valence-corrected chi connectivity index (χ1v) is 7.52. The lowest BCUT2D eigenvalue weighted by molar-refractivity contribution is 0.604. The maximum Gasteiger partial charge on any atom is 0.133 e. The fourth-order valence-electron chi connectivity index (χ4n) is 2.72. The molecular weight excluding hydrogens is 250 g/mol. The molecule has 5 heteroatoms. The van der Waals surface area contributed by atoms with Gasteiger partial charge in [-0.1, -0.05) is 6.92 Å². The van der Waals surface area contributed by atoms with Gasteiger partial charge in [0.05, 0.1) is 18.2 Å². The minimum Gasteiger partial charge on any atom is -0.383 e. The molecule has 108 valence electrons. The highest BCUT2D eigenvalue weighted by Crippen LogP contribution is 2.41. The van der Waals surface area contributed by atoms with Crippen LogP contribution >= 0.6 is 0 Å². The Morgan fingerprint density at radius 1 is 1.40 bits per heavy atom. The van der Waals surface area contributed by atoms with Crippen LogP contribution in [0.5, 0.6) is 0 Å². The SMILES string of the molecule is CCCc1nc(-c2cncn2C(C)C)c(N)n1C1CC1. The Bertz CT molecular complexity index is 604. The molecule has 1 aliphatic carbocycles. The smallest absolute Gasteiger partial charge is 0.133 e. The van der Waals surface area contributed by atoms with Crippen LogP contribution in [0.25, 0.3) is 11.4 Å². The molecule has 0 aromatic carbocycles. The van der Waals surface area contributed by atoms with Gasteiger partial charge in [0.1, 0.15) is 17.3 Å². The van der Waals surface area contributed by atoms with E-state index in [2.05, 4.69) is 34.9 Å². The summed E-state index contributed by atoms with van der Waals surface area (Å²) in [6.07, 6.45) is 8.24. The van der Waals surface area contributed by atoms with Crippen molar-refractivity contribution in [2.45, 2.75) is 58.5 Å². The van der Waals surface area contributed by atoms with Gasteiger partial charge in [-0.2, -0.15) is 0 Å². The first-order valence-electron chi connectivity index (χ1n) is 7.52. The van der Waals surface area contributed by atoms with Crippen LogP contribution in [0.1, 0.15) is 57.9 Å². The van der Waals surface area contributed by atoms with E-state index in [0.29, 0.717) is 12.1 Å². The van der Waals surface area contributed by atoms with E-state index in [4.69, 9.17) is 10.7 Å². The van der Waals surface area contributed by atoms with Crippen molar-refractivity contribution < 1.29 is 0 Å². The summed E-state index contributed by atoms with van der Waals surface area (Å²) in [5.41, 5.74) is 8.31. The summed E-state index contributed by atoms with van der Waals surface area (Å²) in [6, 6.07) is 0.917. The van der Waals surface area contributed by atoms with Crippen molar-refractivity contribution in [3.05, 3.63) is 18.3 Å². The van der Waals surface area contributed by atoms with Gasteiger partial charge in [-0.05, 0) is 33.1 Å². The van der Waals surface area contributed by atoms with Crippen LogP contribution in [0.3, 0.4) is 0 Å². The van der Waals surface area contributed by atoms with Gasteiger partial charge in [0.25, 0.3) is 0 Å². The van der Waals surface area contributed by atoms with Crippen molar-refractivity contribution in [2.24, 2.45) is 0 Å². The lowest BCUT2D eigenvalue weighted by Crippen LogP contribution is -2.06. The van der Waals surface area contributed by atoms with E-state index < -0.39 is 0 Å². The first kappa shape index (κ1) is 13.2.